The van der Waals surface area contributed by atoms with Gasteiger partial charge in [0.2, 0.25) is 10.0 Å². The summed E-state index contributed by atoms with van der Waals surface area (Å²) in [7, 11) is -3.83. The van der Waals surface area contributed by atoms with Crippen LogP contribution in [0.1, 0.15) is 68.8 Å². The molecule has 0 bridgehead atoms. The Morgan fingerprint density at radius 2 is 1.84 bits per heavy atom. The van der Waals surface area contributed by atoms with Gasteiger partial charge >= 0.3 is 0 Å². The maximum atomic E-state index is 12.5. The molecule has 1 amide bonds. The van der Waals surface area contributed by atoms with Crippen molar-refractivity contribution in [2.45, 2.75) is 70.7 Å². The van der Waals surface area contributed by atoms with Crippen LogP contribution in [0.25, 0.3) is 0 Å². The molecule has 0 aliphatic heterocycles. The molecular weight excluding hydrogens is 336 g/mol. The van der Waals surface area contributed by atoms with Gasteiger partial charge in [-0.1, -0.05) is 33.3 Å². The van der Waals surface area contributed by atoms with Gasteiger partial charge in [-0.05, 0) is 61.6 Å². The molecular formula is C19H30N2O3S. The molecule has 2 rings (SSSR count). The highest BCUT2D eigenvalue weighted by Crippen LogP contribution is 2.40. The maximum absolute atomic E-state index is 12.5. The number of primary sulfonamides is 1. The molecule has 0 unspecified atom stereocenters. The molecule has 0 spiro atoms. The molecule has 0 atom stereocenters. The first kappa shape index (κ1) is 19.9. The predicted octanol–water partition coefficient (Wildman–Crippen LogP) is 3.37. The number of benzene rings is 1. The van der Waals surface area contributed by atoms with E-state index in [1.54, 1.807) is 19.1 Å². The lowest BCUT2D eigenvalue weighted by Crippen LogP contribution is -2.40. The van der Waals surface area contributed by atoms with Crippen molar-refractivity contribution in [2.24, 2.45) is 16.5 Å². The lowest BCUT2D eigenvalue weighted by Gasteiger charge is -2.39. The molecule has 1 aromatic carbocycles. The number of amides is 1. The topological polar surface area (TPSA) is 89.3 Å². The van der Waals surface area contributed by atoms with E-state index >= 15 is 0 Å². The summed E-state index contributed by atoms with van der Waals surface area (Å²) >= 11 is 0. The molecule has 0 heterocycles. The fourth-order valence-electron chi connectivity index (χ4n) is 3.62. The Morgan fingerprint density at radius 3 is 2.36 bits per heavy atom. The van der Waals surface area contributed by atoms with Crippen molar-refractivity contribution >= 4 is 15.9 Å². The van der Waals surface area contributed by atoms with Gasteiger partial charge in [-0.2, -0.15) is 0 Å². The van der Waals surface area contributed by atoms with Gasteiger partial charge in [-0.3, -0.25) is 4.79 Å². The van der Waals surface area contributed by atoms with Crippen molar-refractivity contribution in [1.82, 2.24) is 5.32 Å². The summed E-state index contributed by atoms with van der Waals surface area (Å²) in [4.78, 5) is 12.5. The standard InChI is InChI=1S/C19H30N2O3S/c1-5-19(3,4)15-8-10-16(11-9-15)21-18(22)14-7-6-13(2)17(12-14)25(20,23)24/h6-7,12,15-16H,5,8-11H2,1-4H3,(H,21,22)(H2,20,23,24). The lowest BCUT2D eigenvalue weighted by molar-refractivity contribution is 0.0893. The third-order valence-corrected chi connectivity index (χ3v) is 6.89. The Labute approximate surface area is 151 Å². The monoisotopic (exact) mass is 366 g/mol. The summed E-state index contributed by atoms with van der Waals surface area (Å²) in [5, 5.41) is 8.27. The Hall–Kier alpha value is -1.40. The molecule has 0 aromatic heterocycles. The van der Waals surface area contributed by atoms with E-state index < -0.39 is 10.0 Å². The van der Waals surface area contributed by atoms with Crippen molar-refractivity contribution in [3.05, 3.63) is 29.3 Å². The molecule has 25 heavy (non-hydrogen) atoms. The smallest absolute Gasteiger partial charge is 0.251 e. The largest absolute Gasteiger partial charge is 0.349 e. The Kier molecular flexibility index (Phi) is 5.94. The zero-order valence-corrected chi connectivity index (χ0v) is 16.4. The number of nitrogens with two attached hydrogens (primary N) is 1. The lowest BCUT2D eigenvalue weighted by atomic mass is 9.69. The van der Waals surface area contributed by atoms with Gasteiger partial charge in [0.05, 0.1) is 4.90 Å². The Morgan fingerprint density at radius 1 is 1.24 bits per heavy atom. The molecule has 1 aromatic rings. The zero-order chi connectivity index (χ0) is 18.8. The van der Waals surface area contributed by atoms with E-state index in [2.05, 4.69) is 26.1 Å². The SMILES string of the molecule is CCC(C)(C)C1CCC(NC(=O)c2ccc(C)c(S(N)(=O)=O)c2)CC1. The maximum Gasteiger partial charge on any atom is 0.251 e. The van der Waals surface area contributed by atoms with Crippen LogP contribution in [0.15, 0.2) is 23.1 Å². The number of carbonyl (C=O) groups is 1. The van der Waals surface area contributed by atoms with Crippen molar-refractivity contribution < 1.29 is 13.2 Å². The van der Waals surface area contributed by atoms with E-state index in [0.29, 0.717) is 22.5 Å². The van der Waals surface area contributed by atoms with Gasteiger partial charge in [-0.25, -0.2) is 13.6 Å². The number of hydrogen-bond acceptors (Lipinski definition) is 3. The van der Waals surface area contributed by atoms with Gasteiger partial charge in [0.15, 0.2) is 0 Å². The van der Waals surface area contributed by atoms with Gasteiger partial charge < -0.3 is 5.32 Å². The van der Waals surface area contributed by atoms with E-state index in [9.17, 15) is 13.2 Å². The molecule has 0 saturated heterocycles. The van der Waals surface area contributed by atoms with Gasteiger partial charge in [0, 0.05) is 11.6 Å². The van der Waals surface area contributed by atoms with E-state index in [4.69, 9.17) is 5.14 Å². The van der Waals surface area contributed by atoms with Crippen LogP contribution in [-0.4, -0.2) is 20.4 Å². The van der Waals surface area contributed by atoms with Gasteiger partial charge in [0.1, 0.15) is 0 Å². The van der Waals surface area contributed by atoms with Crippen LogP contribution in [0.5, 0.6) is 0 Å². The minimum atomic E-state index is -3.83. The number of carbonyl (C=O) groups excluding carboxylic acids is 1. The number of sulfonamides is 1. The molecule has 1 saturated carbocycles. The average molecular weight is 367 g/mol. The van der Waals surface area contributed by atoms with E-state index in [1.807, 2.05) is 0 Å². The summed E-state index contributed by atoms with van der Waals surface area (Å²) in [6.45, 7) is 8.53. The van der Waals surface area contributed by atoms with Gasteiger partial charge in [0.25, 0.3) is 5.91 Å². The summed E-state index contributed by atoms with van der Waals surface area (Å²) in [6, 6.07) is 4.78. The molecule has 1 aliphatic rings. The van der Waals surface area contributed by atoms with Crippen molar-refractivity contribution in [2.75, 3.05) is 0 Å². The summed E-state index contributed by atoms with van der Waals surface area (Å²) in [5.74, 6) is 0.460. The van der Waals surface area contributed by atoms with Crippen LogP contribution in [0.4, 0.5) is 0 Å². The van der Waals surface area contributed by atoms with Crippen LogP contribution >= 0.6 is 0 Å². The summed E-state index contributed by atoms with van der Waals surface area (Å²) < 4.78 is 23.2. The quantitative estimate of drug-likeness (QED) is 0.837. The number of hydrogen-bond donors (Lipinski definition) is 2. The summed E-state index contributed by atoms with van der Waals surface area (Å²) in [5.41, 5.74) is 1.23. The third kappa shape index (κ3) is 4.82. The molecule has 5 nitrogen and oxygen atoms in total. The zero-order valence-electron chi connectivity index (χ0n) is 15.6. The number of nitrogens with one attached hydrogen (secondary N) is 1. The second kappa shape index (κ2) is 7.46. The highest BCUT2D eigenvalue weighted by atomic mass is 32.2. The number of rotatable bonds is 5. The second-order valence-corrected chi connectivity index (χ2v) is 9.42. The number of aryl methyl sites for hydroxylation is 1. The molecule has 3 N–H and O–H groups in total. The molecule has 1 fully saturated rings. The highest BCUT2D eigenvalue weighted by Gasteiger charge is 2.32. The van der Waals surface area contributed by atoms with Crippen LogP contribution < -0.4 is 10.5 Å². The van der Waals surface area contributed by atoms with Gasteiger partial charge in [-0.15, -0.1) is 0 Å². The van der Waals surface area contributed by atoms with E-state index in [0.717, 1.165) is 32.1 Å². The fraction of sp³-hybridized carbons (Fsp3) is 0.632. The van der Waals surface area contributed by atoms with Crippen molar-refractivity contribution in [3.63, 3.8) is 0 Å². The van der Waals surface area contributed by atoms with Crippen LogP contribution in [0, 0.1) is 18.3 Å². The van der Waals surface area contributed by atoms with Crippen molar-refractivity contribution in [3.8, 4) is 0 Å². The van der Waals surface area contributed by atoms with Crippen LogP contribution in [0.3, 0.4) is 0 Å². The van der Waals surface area contributed by atoms with Crippen LogP contribution in [-0.2, 0) is 10.0 Å². The van der Waals surface area contributed by atoms with Crippen LogP contribution in [0.2, 0.25) is 0 Å². The minimum Gasteiger partial charge on any atom is -0.349 e. The molecule has 0 radical (unpaired) electrons. The Bertz CT molecular complexity index is 733. The van der Waals surface area contributed by atoms with Crippen molar-refractivity contribution in [1.29, 1.82) is 0 Å². The van der Waals surface area contributed by atoms with E-state index in [1.165, 1.54) is 6.07 Å². The third-order valence-electron chi connectivity index (χ3n) is 5.84. The molecule has 140 valence electrons. The second-order valence-electron chi connectivity index (χ2n) is 7.89. The molecule has 1 aliphatic carbocycles. The first-order valence-corrected chi connectivity index (χ1v) is 10.5. The summed E-state index contributed by atoms with van der Waals surface area (Å²) in [6.07, 6.45) is 5.32. The predicted molar refractivity (Wildman–Crippen MR) is 99.8 cm³/mol. The first-order valence-electron chi connectivity index (χ1n) is 8.99. The highest BCUT2D eigenvalue weighted by molar-refractivity contribution is 7.89. The first-order chi connectivity index (χ1) is 11.5. The van der Waals surface area contributed by atoms with E-state index in [-0.39, 0.29) is 16.8 Å². The average Bonchev–Trinajstić information content (AvgIpc) is 2.54. The Balaban J connectivity index is 2.02. The minimum absolute atomic E-state index is 0.00792. The normalized spacial score (nSPS) is 21.8. The molecule has 6 heteroatoms. The fourth-order valence-corrected chi connectivity index (χ4v) is 4.43.